The van der Waals surface area contributed by atoms with E-state index in [0.717, 1.165) is 19.3 Å². The van der Waals surface area contributed by atoms with E-state index in [1.165, 1.54) is 46.2 Å². The molecule has 4 aromatic carbocycles. The van der Waals surface area contributed by atoms with Gasteiger partial charge in [0, 0.05) is 0 Å². The molecular formula is C43H48Zr. The Morgan fingerprint density at radius 3 is 1.52 bits per heavy atom. The van der Waals surface area contributed by atoms with E-state index in [4.69, 9.17) is 0 Å². The Kier molecular flexibility index (Phi) is 9.08. The van der Waals surface area contributed by atoms with Crippen LogP contribution in [0, 0.1) is 0 Å². The fourth-order valence-electron chi connectivity index (χ4n) is 7.03. The predicted molar refractivity (Wildman–Crippen MR) is 187 cm³/mol. The van der Waals surface area contributed by atoms with Crippen LogP contribution in [0.4, 0.5) is 0 Å². The molecule has 6 rings (SSSR count). The van der Waals surface area contributed by atoms with Crippen molar-refractivity contribution in [3.8, 4) is 11.1 Å². The van der Waals surface area contributed by atoms with E-state index in [-0.39, 0.29) is 10.8 Å². The van der Waals surface area contributed by atoms with Crippen LogP contribution in [-0.4, -0.2) is 3.21 Å². The molecule has 2 aliphatic rings. The van der Waals surface area contributed by atoms with E-state index < -0.39 is 21.3 Å². The van der Waals surface area contributed by atoms with Gasteiger partial charge < -0.3 is 0 Å². The monoisotopic (exact) mass is 654 g/mol. The van der Waals surface area contributed by atoms with Gasteiger partial charge in [0.1, 0.15) is 0 Å². The van der Waals surface area contributed by atoms with Gasteiger partial charge in [-0.25, -0.2) is 0 Å². The fourth-order valence-corrected chi connectivity index (χ4v) is 16.3. The van der Waals surface area contributed by atoms with Gasteiger partial charge in [0.2, 0.25) is 0 Å². The average Bonchev–Trinajstić information content (AvgIpc) is 3.65. The third-order valence-electron chi connectivity index (χ3n) is 9.65. The SMILES string of the molecule is CC(C)(C)c1ccc2c(c1)-c1cc(C(C)(C)C)ccc1[CH]2[Zr]([C]1=CC=CC1)=[C](CCc1ccccc1)CCc1ccccc1. The Hall–Kier alpha value is -2.89. The van der Waals surface area contributed by atoms with Crippen molar-refractivity contribution in [2.45, 2.75) is 88.1 Å². The number of hydrogen-bond donors (Lipinski definition) is 0. The van der Waals surface area contributed by atoms with Gasteiger partial charge >= 0.3 is 276 Å². The van der Waals surface area contributed by atoms with E-state index in [9.17, 15) is 0 Å². The minimum atomic E-state index is -2.44. The quantitative estimate of drug-likeness (QED) is 0.177. The molecule has 0 aliphatic heterocycles. The first kappa shape index (κ1) is 31.1. The molecule has 0 saturated heterocycles. The molecule has 224 valence electrons. The molecule has 0 heterocycles. The van der Waals surface area contributed by atoms with Crippen LogP contribution in [0.3, 0.4) is 0 Å². The number of benzene rings is 4. The number of aryl methyl sites for hydroxylation is 2. The van der Waals surface area contributed by atoms with E-state index in [1.54, 1.807) is 14.4 Å². The van der Waals surface area contributed by atoms with Crippen LogP contribution in [0.1, 0.15) is 97.8 Å². The third kappa shape index (κ3) is 6.70. The van der Waals surface area contributed by atoms with Crippen molar-refractivity contribution in [2.24, 2.45) is 0 Å². The molecule has 44 heavy (non-hydrogen) atoms. The van der Waals surface area contributed by atoms with E-state index in [1.807, 2.05) is 3.21 Å². The molecule has 4 aromatic rings. The maximum atomic E-state index is 2.55. The van der Waals surface area contributed by atoms with Crippen molar-refractivity contribution in [3.05, 3.63) is 152 Å². The Morgan fingerprint density at radius 1 is 0.636 bits per heavy atom. The Balaban J connectivity index is 1.55. The Bertz CT molecular complexity index is 1610. The average molecular weight is 656 g/mol. The second-order valence-electron chi connectivity index (χ2n) is 14.8. The number of rotatable bonds is 8. The molecule has 2 aliphatic carbocycles. The van der Waals surface area contributed by atoms with Gasteiger partial charge in [0.05, 0.1) is 0 Å². The van der Waals surface area contributed by atoms with Crippen molar-refractivity contribution < 1.29 is 21.3 Å². The zero-order valence-corrected chi connectivity index (χ0v) is 30.0. The van der Waals surface area contributed by atoms with Crippen molar-refractivity contribution >= 4 is 3.21 Å². The first-order chi connectivity index (χ1) is 21.1. The summed E-state index contributed by atoms with van der Waals surface area (Å²) in [7, 11) is 0. The molecule has 0 bridgehead atoms. The van der Waals surface area contributed by atoms with Crippen LogP contribution in [0.2, 0.25) is 0 Å². The first-order valence-electron chi connectivity index (χ1n) is 16.5. The number of fused-ring (bicyclic) bond motifs is 3. The molecule has 0 nitrogen and oxygen atoms in total. The first-order valence-corrected chi connectivity index (χ1v) is 20.4. The predicted octanol–water partition coefficient (Wildman–Crippen LogP) is 11.3. The molecule has 0 fully saturated rings. The summed E-state index contributed by atoms with van der Waals surface area (Å²) in [6, 6.07) is 37.4. The Morgan fingerprint density at radius 2 is 1.11 bits per heavy atom. The summed E-state index contributed by atoms with van der Waals surface area (Å²) in [6.45, 7) is 14.1. The van der Waals surface area contributed by atoms with Crippen molar-refractivity contribution in [3.63, 3.8) is 0 Å². The van der Waals surface area contributed by atoms with Gasteiger partial charge in [-0.15, -0.1) is 0 Å². The Labute approximate surface area is 274 Å². The second kappa shape index (κ2) is 12.8. The van der Waals surface area contributed by atoms with Crippen LogP contribution in [-0.2, 0) is 44.9 Å². The van der Waals surface area contributed by atoms with Gasteiger partial charge in [-0.05, 0) is 0 Å². The van der Waals surface area contributed by atoms with Gasteiger partial charge in [0.25, 0.3) is 0 Å². The fraction of sp³-hybridized carbons (Fsp3) is 0.326. The van der Waals surface area contributed by atoms with Crippen LogP contribution >= 0.6 is 0 Å². The number of allylic oxidation sites excluding steroid dienone is 4. The summed E-state index contributed by atoms with van der Waals surface area (Å²) in [5, 5.41) is 0. The van der Waals surface area contributed by atoms with Crippen molar-refractivity contribution in [1.29, 1.82) is 0 Å². The summed E-state index contributed by atoms with van der Waals surface area (Å²) in [5.74, 6) is 0. The van der Waals surface area contributed by atoms with Crippen LogP contribution in [0.5, 0.6) is 0 Å². The second-order valence-corrected chi connectivity index (χ2v) is 21.6. The molecule has 1 heteroatoms. The molecule has 0 N–H and O–H groups in total. The van der Waals surface area contributed by atoms with Gasteiger partial charge in [-0.2, -0.15) is 0 Å². The molecular weight excluding hydrogens is 608 g/mol. The number of hydrogen-bond acceptors (Lipinski definition) is 0. The van der Waals surface area contributed by atoms with Crippen LogP contribution in [0.25, 0.3) is 11.1 Å². The zero-order chi connectivity index (χ0) is 30.9. The summed E-state index contributed by atoms with van der Waals surface area (Å²) < 4.78 is 4.18. The molecule has 0 radical (unpaired) electrons. The van der Waals surface area contributed by atoms with Crippen molar-refractivity contribution in [2.75, 3.05) is 0 Å². The minimum absolute atomic E-state index is 0.122. The standard InChI is InChI=1S/C21H25.C17H18.C5H5.Zr/c1-20(2,3)16-9-7-14-11-15-8-10-17(21(4,5)6)13-19(15)18(14)12-16;1-4-10-16(11-5-1)14-8-3-9-15-17-12-6-2-7-13-17;1-2-4-5-3-1;/h7-13H,1-6H3;1-2,4-7,10-13H,8-9,14-15H2;1-3H,4H2;. The third-order valence-corrected chi connectivity index (χ3v) is 18.3. The molecule has 0 saturated carbocycles. The summed E-state index contributed by atoms with van der Waals surface area (Å²) in [5.41, 5.74) is 12.2. The van der Waals surface area contributed by atoms with Gasteiger partial charge in [-0.3, -0.25) is 0 Å². The molecule has 0 unspecified atom stereocenters. The molecule has 0 atom stereocenters. The summed E-state index contributed by atoms with van der Waals surface area (Å²) in [4.78, 5) is 0. The van der Waals surface area contributed by atoms with Gasteiger partial charge in [0.15, 0.2) is 0 Å². The van der Waals surface area contributed by atoms with E-state index >= 15 is 0 Å². The van der Waals surface area contributed by atoms with Crippen molar-refractivity contribution in [1.82, 2.24) is 0 Å². The summed E-state index contributed by atoms with van der Waals surface area (Å²) in [6.07, 6.45) is 13.1. The molecule has 0 spiro atoms. The van der Waals surface area contributed by atoms with Crippen LogP contribution < -0.4 is 0 Å². The zero-order valence-electron chi connectivity index (χ0n) is 27.6. The normalized spacial score (nSPS) is 14.4. The van der Waals surface area contributed by atoms with E-state index in [0.29, 0.717) is 3.63 Å². The molecule has 0 aromatic heterocycles. The summed E-state index contributed by atoms with van der Waals surface area (Å²) >= 11 is -2.44. The topological polar surface area (TPSA) is 0 Å². The maximum absolute atomic E-state index is 2.55. The molecule has 0 amide bonds. The van der Waals surface area contributed by atoms with E-state index in [2.05, 4.69) is 157 Å². The van der Waals surface area contributed by atoms with Crippen LogP contribution in [0.15, 0.2) is 119 Å². The van der Waals surface area contributed by atoms with Gasteiger partial charge in [-0.1, -0.05) is 0 Å².